The van der Waals surface area contributed by atoms with Crippen LogP contribution in [0.25, 0.3) is 5.70 Å². The van der Waals surface area contributed by atoms with Gasteiger partial charge in [0.15, 0.2) is 6.10 Å². The highest BCUT2D eigenvalue weighted by Gasteiger charge is 2.42. The van der Waals surface area contributed by atoms with Crippen molar-refractivity contribution in [2.45, 2.75) is 12.1 Å². The van der Waals surface area contributed by atoms with Gasteiger partial charge in [-0.2, -0.15) is 10.1 Å². The van der Waals surface area contributed by atoms with E-state index in [1.54, 1.807) is 20.4 Å². The van der Waals surface area contributed by atoms with Crippen LogP contribution in [0.3, 0.4) is 0 Å². The van der Waals surface area contributed by atoms with Gasteiger partial charge in [0.2, 0.25) is 5.95 Å². The number of ether oxygens (including phenoxy) is 3. The molecule has 9 heteroatoms. The van der Waals surface area contributed by atoms with Crippen molar-refractivity contribution in [1.82, 2.24) is 19.7 Å². The number of benzene rings is 2. The minimum absolute atomic E-state index is 0.314. The molecule has 0 saturated heterocycles. The van der Waals surface area contributed by atoms with Crippen molar-refractivity contribution in [3.8, 4) is 17.2 Å². The van der Waals surface area contributed by atoms with Gasteiger partial charge in [0, 0.05) is 40.2 Å². The predicted octanol–water partition coefficient (Wildman–Crippen LogP) is 4.90. The Kier molecular flexibility index (Phi) is 4.88. The van der Waals surface area contributed by atoms with Gasteiger partial charge >= 0.3 is 0 Å². The molecule has 0 radical (unpaired) electrons. The third-order valence-electron chi connectivity index (χ3n) is 6.10. The summed E-state index contributed by atoms with van der Waals surface area (Å²) in [5.41, 5.74) is 4.49. The standard InChI is InChI=1S/C25H20ClN5O3/c1-32-16-6-7-17(20(11-16)33-2)24-21-22(18-10-15(26)5-8-19(18)34-24)30-25-28-13-29-31(25)23(21)14-4-3-9-27-12-14/h3-13,23-24H,1-2H3,(H,28,29,30)/t23-,24-/m0/s1. The van der Waals surface area contributed by atoms with Gasteiger partial charge in [-0.05, 0) is 42.0 Å². The molecule has 0 spiro atoms. The fourth-order valence-corrected chi connectivity index (χ4v) is 4.77. The van der Waals surface area contributed by atoms with Gasteiger partial charge in [-0.25, -0.2) is 4.68 Å². The molecular formula is C25H20ClN5O3. The molecule has 2 aliphatic heterocycles. The van der Waals surface area contributed by atoms with Crippen molar-refractivity contribution in [1.29, 1.82) is 0 Å². The minimum Gasteiger partial charge on any atom is -0.497 e. The van der Waals surface area contributed by atoms with Crippen molar-refractivity contribution in [3.05, 3.63) is 94.5 Å². The molecule has 170 valence electrons. The van der Waals surface area contributed by atoms with E-state index in [0.717, 1.165) is 28.0 Å². The van der Waals surface area contributed by atoms with Crippen LogP contribution in [0.1, 0.15) is 28.8 Å². The number of aromatic nitrogens is 4. The second-order valence-corrected chi connectivity index (χ2v) is 8.36. The Morgan fingerprint density at radius 1 is 1.09 bits per heavy atom. The van der Waals surface area contributed by atoms with Crippen LogP contribution in [0.2, 0.25) is 5.02 Å². The maximum absolute atomic E-state index is 6.64. The summed E-state index contributed by atoms with van der Waals surface area (Å²) in [6.45, 7) is 0. The zero-order valence-corrected chi connectivity index (χ0v) is 19.2. The van der Waals surface area contributed by atoms with E-state index in [4.69, 9.17) is 25.8 Å². The molecule has 2 aromatic carbocycles. The fourth-order valence-electron chi connectivity index (χ4n) is 4.59. The summed E-state index contributed by atoms with van der Waals surface area (Å²) >= 11 is 6.39. The summed E-state index contributed by atoms with van der Waals surface area (Å²) in [4.78, 5) is 8.80. The van der Waals surface area contributed by atoms with Gasteiger partial charge in [0.25, 0.3) is 0 Å². The summed E-state index contributed by atoms with van der Waals surface area (Å²) in [5, 5.41) is 8.60. The number of fused-ring (bicyclic) bond motifs is 3. The van der Waals surface area contributed by atoms with Gasteiger partial charge in [0.1, 0.15) is 29.6 Å². The number of halogens is 1. The first-order chi connectivity index (χ1) is 16.7. The largest absolute Gasteiger partial charge is 0.497 e. The van der Waals surface area contributed by atoms with E-state index in [1.807, 2.05) is 59.4 Å². The van der Waals surface area contributed by atoms with Crippen LogP contribution < -0.4 is 19.5 Å². The van der Waals surface area contributed by atoms with Crippen molar-refractivity contribution in [2.24, 2.45) is 0 Å². The minimum atomic E-state index is -0.486. The van der Waals surface area contributed by atoms with E-state index in [1.165, 1.54) is 6.33 Å². The lowest BCUT2D eigenvalue weighted by Gasteiger charge is -2.39. The quantitative estimate of drug-likeness (QED) is 0.451. The molecule has 6 rings (SSSR count). The first kappa shape index (κ1) is 20.6. The monoisotopic (exact) mass is 473 g/mol. The third kappa shape index (κ3) is 3.18. The molecule has 4 aromatic rings. The normalized spacial score (nSPS) is 18.2. The second kappa shape index (κ2) is 8.07. The number of pyridine rings is 1. The average molecular weight is 474 g/mol. The van der Waals surface area contributed by atoms with Crippen LogP contribution in [0.15, 0.2) is 72.8 Å². The van der Waals surface area contributed by atoms with Gasteiger partial charge in [-0.15, -0.1) is 0 Å². The molecule has 0 bridgehead atoms. The molecule has 2 aliphatic rings. The Morgan fingerprint density at radius 2 is 2.00 bits per heavy atom. The summed E-state index contributed by atoms with van der Waals surface area (Å²) in [5.74, 6) is 2.68. The molecule has 0 aliphatic carbocycles. The van der Waals surface area contributed by atoms with Crippen molar-refractivity contribution < 1.29 is 14.2 Å². The molecular weight excluding hydrogens is 454 g/mol. The van der Waals surface area contributed by atoms with E-state index >= 15 is 0 Å². The summed E-state index contributed by atoms with van der Waals surface area (Å²) < 4.78 is 19.7. The first-order valence-corrected chi connectivity index (χ1v) is 11.0. The number of anilines is 1. The van der Waals surface area contributed by atoms with Crippen molar-refractivity contribution in [2.75, 3.05) is 19.5 Å². The number of nitrogens with zero attached hydrogens (tertiary/aromatic N) is 4. The van der Waals surface area contributed by atoms with Crippen LogP contribution in [0.5, 0.6) is 17.2 Å². The molecule has 2 aromatic heterocycles. The van der Waals surface area contributed by atoms with Gasteiger partial charge in [-0.3, -0.25) is 4.98 Å². The average Bonchev–Trinajstić information content (AvgIpc) is 3.35. The number of rotatable bonds is 4. The predicted molar refractivity (Wildman–Crippen MR) is 127 cm³/mol. The Morgan fingerprint density at radius 3 is 2.79 bits per heavy atom. The zero-order valence-electron chi connectivity index (χ0n) is 18.4. The van der Waals surface area contributed by atoms with Gasteiger partial charge in [0.05, 0.1) is 19.9 Å². The molecule has 0 amide bonds. The third-order valence-corrected chi connectivity index (χ3v) is 6.33. The molecule has 0 saturated carbocycles. The molecule has 8 nitrogen and oxygen atoms in total. The fraction of sp³-hybridized carbons (Fsp3) is 0.160. The zero-order chi connectivity index (χ0) is 23.2. The van der Waals surface area contributed by atoms with E-state index < -0.39 is 6.10 Å². The molecule has 4 heterocycles. The van der Waals surface area contributed by atoms with Crippen molar-refractivity contribution in [3.63, 3.8) is 0 Å². The summed E-state index contributed by atoms with van der Waals surface area (Å²) in [6, 6.07) is 14.9. The maximum Gasteiger partial charge on any atom is 0.226 e. The van der Waals surface area contributed by atoms with Crippen LogP contribution in [-0.4, -0.2) is 34.0 Å². The van der Waals surface area contributed by atoms with Crippen LogP contribution in [0.4, 0.5) is 5.95 Å². The smallest absolute Gasteiger partial charge is 0.226 e. The molecule has 0 unspecified atom stereocenters. The van der Waals surface area contributed by atoms with Crippen LogP contribution >= 0.6 is 11.6 Å². The van der Waals surface area contributed by atoms with Crippen LogP contribution in [-0.2, 0) is 0 Å². The Bertz CT molecular complexity index is 1420. The summed E-state index contributed by atoms with van der Waals surface area (Å²) in [7, 11) is 3.26. The molecule has 0 fully saturated rings. The Hall–Kier alpha value is -4.04. The first-order valence-electron chi connectivity index (χ1n) is 10.7. The van der Waals surface area contributed by atoms with E-state index in [9.17, 15) is 0 Å². The highest BCUT2D eigenvalue weighted by molar-refractivity contribution is 6.30. The Balaban J connectivity index is 1.64. The van der Waals surface area contributed by atoms with Gasteiger partial charge < -0.3 is 19.5 Å². The molecule has 2 atom stereocenters. The van der Waals surface area contributed by atoms with Crippen molar-refractivity contribution >= 4 is 23.2 Å². The summed E-state index contributed by atoms with van der Waals surface area (Å²) in [6.07, 6.45) is 4.63. The maximum atomic E-state index is 6.64. The van der Waals surface area contributed by atoms with Gasteiger partial charge in [-0.1, -0.05) is 17.7 Å². The number of nitrogens with one attached hydrogen (secondary N) is 1. The molecule has 34 heavy (non-hydrogen) atoms. The number of hydrogen-bond acceptors (Lipinski definition) is 7. The SMILES string of the molecule is COc1ccc([C@@H]2Oc3ccc(Cl)cc3C3=C2[C@H](c2cccnc2)n2ncnc2N3)c(OC)c1. The topological polar surface area (TPSA) is 83.3 Å². The van der Waals surface area contributed by atoms with Crippen LogP contribution in [0, 0.1) is 0 Å². The Labute approximate surface area is 200 Å². The molecule has 1 N–H and O–H groups in total. The van der Waals surface area contributed by atoms with E-state index in [2.05, 4.69) is 20.4 Å². The lowest BCUT2D eigenvalue weighted by atomic mass is 9.85. The number of hydrogen-bond donors (Lipinski definition) is 1. The highest BCUT2D eigenvalue weighted by atomic mass is 35.5. The van der Waals surface area contributed by atoms with E-state index in [-0.39, 0.29) is 6.04 Å². The lowest BCUT2D eigenvalue weighted by Crippen LogP contribution is -2.32. The lowest BCUT2D eigenvalue weighted by molar-refractivity contribution is 0.217. The highest BCUT2D eigenvalue weighted by Crippen LogP contribution is 2.52. The number of methoxy groups -OCH3 is 2. The second-order valence-electron chi connectivity index (χ2n) is 7.92. The van der Waals surface area contributed by atoms with E-state index in [0.29, 0.717) is 28.2 Å².